The number of para-hydroxylation sites is 1. The summed E-state index contributed by atoms with van der Waals surface area (Å²) in [5.41, 5.74) is 3.73. The van der Waals surface area contributed by atoms with Crippen LogP contribution >= 0.6 is 11.3 Å². The summed E-state index contributed by atoms with van der Waals surface area (Å²) in [6.07, 6.45) is 5.73. The van der Waals surface area contributed by atoms with Gasteiger partial charge in [-0.2, -0.15) is 4.98 Å². The summed E-state index contributed by atoms with van der Waals surface area (Å²) in [6.45, 7) is 1.04. The molecule has 2 aromatic heterocycles. The van der Waals surface area contributed by atoms with Gasteiger partial charge in [0.25, 0.3) is 0 Å². The highest BCUT2D eigenvalue weighted by Gasteiger charge is 2.22. The zero-order valence-corrected chi connectivity index (χ0v) is 20.8. The first-order valence-electron chi connectivity index (χ1n) is 12.2. The molecule has 2 heterocycles. The third-order valence-electron chi connectivity index (χ3n) is 6.63. The molecule has 5 nitrogen and oxygen atoms in total. The highest BCUT2D eigenvalue weighted by molar-refractivity contribution is 7.13. The molecule has 1 saturated carbocycles. The Morgan fingerprint density at radius 3 is 2.44 bits per heavy atom. The Balaban J connectivity index is 1.10. The monoisotopic (exact) mass is 471 g/mol. The first-order valence-corrected chi connectivity index (χ1v) is 13.1. The zero-order chi connectivity index (χ0) is 23.3. The number of anilines is 2. The number of fused-ring (bicyclic) bond motifs is 1. The second-order valence-corrected chi connectivity index (χ2v) is 10.3. The second kappa shape index (κ2) is 10.5. The minimum absolute atomic E-state index is 0.430. The summed E-state index contributed by atoms with van der Waals surface area (Å²) >= 11 is 1.84. The van der Waals surface area contributed by atoms with Crippen molar-refractivity contribution >= 4 is 34.0 Å². The molecule has 4 aromatic rings. The molecule has 34 heavy (non-hydrogen) atoms. The molecule has 2 aromatic carbocycles. The summed E-state index contributed by atoms with van der Waals surface area (Å²) < 4.78 is 0. The van der Waals surface area contributed by atoms with Crippen molar-refractivity contribution in [2.75, 3.05) is 30.9 Å². The van der Waals surface area contributed by atoms with E-state index < -0.39 is 0 Å². The SMILES string of the molecule is CN(C)c1nc(N[C@H]2CC[C@@H](NCCc3csc(-c4ccccc4)c3)CC2)nc2ccccc12. The van der Waals surface area contributed by atoms with E-state index in [0.717, 1.165) is 48.5 Å². The Morgan fingerprint density at radius 1 is 0.912 bits per heavy atom. The number of hydrogen-bond acceptors (Lipinski definition) is 6. The second-order valence-electron chi connectivity index (χ2n) is 9.36. The van der Waals surface area contributed by atoms with Gasteiger partial charge >= 0.3 is 0 Å². The van der Waals surface area contributed by atoms with Crippen LogP contribution in [0.25, 0.3) is 21.3 Å². The predicted octanol–water partition coefficient (Wildman–Crippen LogP) is 5.98. The fraction of sp³-hybridized carbons (Fsp3) is 0.357. The molecule has 1 aliphatic rings. The summed E-state index contributed by atoms with van der Waals surface area (Å²) in [5.74, 6) is 1.71. The maximum atomic E-state index is 4.81. The van der Waals surface area contributed by atoms with Crippen molar-refractivity contribution < 1.29 is 0 Å². The van der Waals surface area contributed by atoms with E-state index in [4.69, 9.17) is 9.97 Å². The first-order chi connectivity index (χ1) is 16.7. The Morgan fingerprint density at radius 2 is 1.65 bits per heavy atom. The summed E-state index contributed by atoms with van der Waals surface area (Å²) in [4.78, 5) is 13.0. The van der Waals surface area contributed by atoms with E-state index >= 15 is 0 Å². The molecule has 1 fully saturated rings. The molecule has 0 spiro atoms. The van der Waals surface area contributed by atoms with E-state index in [0.29, 0.717) is 12.1 Å². The number of nitrogens with one attached hydrogen (secondary N) is 2. The van der Waals surface area contributed by atoms with Gasteiger partial charge in [0.1, 0.15) is 5.82 Å². The van der Waals surface area contributed by atoms with Gasteiger partial charge in [0, 0.05) is 36.4 Å². The molecule has 0 bridgehead atoms. The largest absolute Gasteiger partial charge is 0.362 e. The van der Waals surface area contributed by atoms with Gasteiger partial charge in [-0.15, -0.1) is 11.3 Å². The lowest BCUT2D eigenvalue weighted by Gasteiger charge is -2.30. The molecule has 1 aliphatic carbocycles. The number of thiophene rings is 1. The van der Waals surface area contributed by atoms with Crippen LogP contribution in [0.15, 0.2) is 66.0 Å². The van der Waals surface area contributed by atoms with E-state index in [9.17, 15) is 0 Å². The van der Waals surface area contributed by atoms with E-state index in [2.05, 4.69) is 69.4 Å². The van der Waals surface area contributed by atoms with Gasteiger partial charge in [0.05, 0.1) is 5.52 Å². The lowest BCUT2D eigenvalue weighted by Crippen LogP contribution is -2.38. The molecule has 0 radical (unpaired) electrons. The normalized spacial score (nSPS) is 18.2. The van der Waals surface area contributed by atoms with E-state index in [1.54, 1.807) is 0 Å². The molecular weight excluding hydrogens is 438 g/mol. The first kappa shape index (κ1) is 22.8. The van der Waals surface area contributed by atoms with Crippen molar-refractivity contribution in [1.29, 1.82) is 0 Å². The highest BCUT2D eigenvalue weighted by Crippen LogP contribution is 2.28. The number of aromatic nitrogens is 2. The zero-order valence-electron chi connectivity index (χ0n) is 20.0. The van der Waals surface area contributed by atoms with Gasteiger partial charge in [0.2, 0.25) is 5.95 Å². The number of nitrogens with zero attached hydrogens (tertiary/aromatic N) is 3. The molecule has 0 unspecified atom stereocenters. The molecule has 0 atom stereocenters. The standard InChI is InChI=1S/C28H33N5S/c1-33(2)27-24-10-6-7-11-25(24)31-28(32-27)30-23-14-12-22(13-15-23)29-17-16-20-18-26(34-19-20)21-8-4-3-5-9-21/h3-11,18-19,22-23,29H,12-17H2,1-2H3,(H,30,31,32)/t22-,23+. The molecule has 2 N–H and O–H groups in total. The maximum Gasteiger partial charge on any atom is 0.225 e. The van der Waals surface area contributed by atoms with E-state index in [1.807, 2.05) is 37.6 Å². The van der Waals surface area contributed by atoms with Crippen molar-refractivity contribution in [2.45, 2.75) is 44.2 Å². The summed E-state index contributed by atoms with van der Waals surface area (Å²) in [5, 5.41) is 10.8. The number of rotatable bonds is 8. The van der Waals surface area contributed by atoms with Crippen LogP contribution in [0, 0.1) is 0 Å². The summed E-state index contributed by atoms with van der Waals surface area (Å²) in [6, 6.07) is 22.2. The molecule has 0 saturated heterocycles. The van der Waals surface area contributed by atoms with Gasteiger partial charge in [-0.3, -0.25) is 0 Å². The van der Waals surface area contributed by atoms with Crippen LogP contribution in [0.4, 0.5) is 11.8 Å². The molecule has 0 aliphatic heterocycles. The van der Waals surface area contributed by atoms with Crippen molar-refractivity contribution in [3.8, 4) is 10.4 Å². The third-order valence-corrected chi connectivity index (χ3v) is 7.65. The average Bonchev–Trinajstić information content (AvgIpc) is 3.34. The fourth-order valence-electron chi connectivity index (χ4n) is 4.77. The van der Waals surface area contributed by atoms with Crippen molar-refractivity contribution in [3.05, 3.63) is 71.6 Å². The Labute approximate surface area is 206 Å². The van der Waals surface area contributed by atoms with Crippen molar-refractivity contribution in [3.63, 3.8) is 0 Å². The van der Waals surface area contributed by atoms with Crippen LogP contribution in [0.2, 0.25) is 0 Å². The Bertz CT molecular complexity index is 1210. The van der Waals surface area contributed by atoms with Gasteiger partial charge in [-0.05, 0) is 73.4 Å². The van der Waals surface area contributed by atoms with Crippen molar-refractivity contribution in [1.82, 2.24) is 15.3 Å². The predicted molar refractivity (Wildman–Crippen MR) is 145 cm³/mol. The Kier molecular flexibility index (Phi) is 7.07. The quantitative estimate of drug-likeness (QED) is 0.331. The third kappa shape index (κ3) is 5.40. The van der Waals surface area contributed by atoms with E-state index in [1.165, 1.54) is 28.8 Å². The lowest BCUT2D eigenvalue weighted by atomic mass is 9.91. The molecule has 6 heteroatoms. The van der Waals surface area contributed by atoms with Gasteiger partial charge in [0.15, 0.2) is 0 Å². The van der Waals surface area contributed by atoms with Crippen LogP contribution in [-0.2, 0) is 6.42 Å². The minimum atomic E-state index is 0.430. The smallest absolute Gasteiger partial charge is 0.225 e. The van der Waals surface area contributed by atoms with Gasteiger partial charge in [-0.25, -0.2) is 4.98 Å². The molecular formula is C28H33N5S. The van der Waals surface area contributed by atoms with Crippen LogP contribution in [0.5, 0.6) is 0 Å². The lowest BCUT2D eigenvalue weighted by molar-refractivity contribution is 0.355. The maximum absolute atomic E-state index is 4.81. The Hall–Kier alpha value is -2.96. The van der Waals surface area contributed by atoms with Gasteiger partial charge < -0.3 is 15.5 Å². The average molecular weight is 472 g/mol. The molecule has 0 amide bonds. The van der Waals surface area contributed by atoms with Gasteiger partial charge in [-0.1, -0.05) is 42.5 Å². The van der Waals surface area contributed by atoms with Crippen molar-refractivity contribution in [2.24, 2.45) is 0 Å². The van der Waals surface area contributed by atoms with Crippen LogP contribution < -0.4 is 15.5 Å². The molecule has 5 rings (SSSR count). The molecule has 176 valence electrons. The van der Waals surface area contributed by atoms with E-state index in [-0.39, 0.29) is 0 Å². The summed E-state index contributed by atoms with van der Waals surface area (Å²) in [7, 11) is 4.07. The topological polar surface area (TPSA) is 53.1 Å². The number of benzene rings is 2. The fourth-order valence-corrected chi connectivity index (χ4v) is 5.73. The highest BCUT2D eigenvalue weighted by atomic mass is 32.1. The minimum Gasteiger partial charge on any atom is -0.362 e. The number of hydrogen-bond donors (Lipinski definition) is 2. The van der Waals surface area contributed by atoms with Crippen LogP contribution in [0.1, 0.15) is 31.2 Å². The van der Waals surface area contributed by atoms with Crippen LogP contribution in [0.3, 0.4) is 0 Å². The van der Waals surface area contributed by atoms with Crippen LogP contribution in [-0.4, -0.2) is 42.7 Å².